The molecule has 1 N–H and O–H groups in total. The van der Waals surface area contributed by atoms with Crippen LogP contribution < -0.4 is 10.2 Å². The standard InChI is InChI=1S/C14H24F3N3S/c1-6-7-10-11(8-18-13(2,3)4)21-12(19-10)20(5)9-14(15,16)17/h18H,6-9H2,1-5H3. The van der Waals surface area contributed by atoms with Crippen molar-refractivity contribution < 1.29 is 13.2 Å². The highest BCUT2D eigenvalue weighted by molar-refractivity contribution is 7.15. The van der Waals surface area contributed by atoms with Crippen molar-refractivity contribution in [1.82, 2.24) is 10.3 Å². The first-order chi connectivity index (χ1) is 9.52. The van der Waals surface area contributed by atoms with Crippen LogP contribution in [0.2, 0.25) is 0 Å². The van der Waals surface area contributed by atoms with Gasteiger partial charge in [-0.15, -0.1) is 11.3 Å². The van der Waals surface area contributed by atoms with Crippen molar-refractivity contribution in [2.45, 2.75) is 58.8 Å². The van der Waals surface area contributed by atoms with E-state index in [9.17, 15) is 13.2 Å². The van der Waals surface area contributed by atoms with Crippen molar-refractivity contribution in [2.24, 2.45) is 0 Å². The zero-order valence-electron chi connectivity index (χ0n) is 13.3. The van der Waals surface area contributed by atoms with Crippen molar-refractivity contribution in [1.29, 1.82) is 0 Å². The fraction of sp³-hybridized carbons (Fsp3) is 0.786. The molecule has 0 aromatic carbocycles. The second-order valence-corrected chi connectivity index (χ2v) is 7.25. The average Bonchev–Trinajstić information content (AvgIpc) is 2.67. The van der Waals surface area contributed by atoms with Crippen LogP contribution >= 0.6 is 11.3 Å². The number of anilines is 1. The van der Waals surface area contributed by atoms with Crippen LogP contribution in [-0.2, 0) is 13.0 Å². The quantitative estimate of drug-likeness (QED) is 0.858. The number of nitrogens with zero attached hydrogens (tertiary/aromatic N) is 2. The lowest BCUT2D eigenvalue weighted by molar-refractivity contribution is -0.119. The van der Waals surface area contributed by atoms with Gasteiger partial charge in [-0.05, 0) is 27.2 Å². The molecule has 1 heterocycles. The number of thiazole rings is 1. The summed E-state index contributed by atoms with van der Waals surface area (Å²) in [6, 6.07) is 0. The van der Waals surface area contributed by atoms with Gasteiger partial charge in [-0.1, -0.05) is 13.3 Å². The van der Waals surface area contributed by atoms with E-state index in [0.717, 1.165) is 23.4 Å². The second-order valence-electron chi connectivity index (χ2n) is 6.19. The topological polar surface area (TPSA) is 28.2 Å². The predicted molar refractivity (Wildman–Crippen MR) is 82.0 cm³/mol. The van der Waals surface area contributed by atoms with E-state index in [1.807, 2.05) is 6.92 Å². The molecule has 0 aliphatic heterocycles. The Morgan fingerprint density at radius 3 is 2.33 bits per heavy atom. The van der Waals surface area contributed by atoms with Gasteiger partial charge in [0.1, 0.15) is 6.54 Å². The van der Waals surface area contributed by atoms with Crippen molar-refractivity contribution in [3.63, 3.8) is 0 Å². The number of alkyl halides is 3. The van der Waals surface area contributed by atoms with Crippen LogP contribution in [0.3, 0.4) is 0 Å². The summed E-state index contributed by atoms with van der Waals surface area (Å²) in [4.78, 5) is 6.58. The third-order valence-electron chi connectivity index (χ3n) is 2.78. The SMILES string of the molecule is CCCc1nc(N(C)CC(F)(F)F)sc1CNC(C)(C)C. The van der Waals surface area contributed by atoms with Crippen LogP contribution in [-0.4, -0.2) is 30.3 Å². The average molecular weight is 323 g/mol. The summed E-state index contributed by atoms with van der Waals surface area (Å²) >= 11 is 1.34. The molecule has 0 spiro atoms. The predicted octanol–water partition coefficient (Wildman–Crippen LogP) is 3.98. The molecule has 1 aromatic heterocycles. The van der Waals surface area contributed by atoms with Gasteiger partial charge in [-0.2, -0.15) is 13.2 Å². The van der Waals surface area contributed by atoms with E-state index >= 15 is 0 Å². The highest BCUT2D eigenvalue weighted by Gasteiger charge is 2.30. The fourth-order valence-corrected chi connectivity index (χ4v) is 2.79. The Bertz CT molecular complexity index is 449. The van der Waals surface area contributed by atoms with Gasteiger partial charge in [0.25, 0.3) is 0 Å². The molecule has 7 heteroatoms. The van der Waals surface area contributed by atoms with Gasteiger partial charge in [0.15, 0.2) is 5.13 Å². The Morgan fingerprint density at radius 1 is 1.24 bits per heavy atom. The van der Waals surface area contributed by atoms with Crippen LogP contribution in [0.4, 0.5) is 18.3 Å². The molecule has 0 atom stereocenters. The number of rotatable bonds is 6. The van der Waals surface area contributed by atoms with Gasteiger partial charge in [0.05, 0.1) is 5.69 Å². The van der Waals surface area contributed by atoms with Crippen LogP contribution in [0.25, 0.3) is 0 Å². The Hall–Kier alpha value is -0.820. The minimum atomic E-state index is -4.21. The minimum Gasteiger partial charge on any atom is -0.342 e. The molecular formula is C14H24F3N3S. The summed E-state index contributed by atoms with van der Waals surface area (Å²) in [5.74, 6) is 0. The second kappa shape index (κ2) is 6.96. The normalized spacial score (nSPS) is 12.8. The molecule has 0 radical (unpaired) electrons. The number of hydrogen-bond acceptors (Lipinski definition) is 4. The van der Waals surface area contributed by atoms with Crippen LogP contribution in [0.5, 0.6) is 0 Å². The van der Waals surface area contributed by atoms with Crippen LogP contribution in [0.15, 0.2) is 0 Å². The molecule has 0 unspecified atom stereocenters. The largest absolute Gasteiger partial charge is 0.405 e. The van der Waals surface area contributed by atoms with Crippen LogP contribution in [0.1, 0.15) is 44.7 Å². The summed E-state index contributed by atoms with van der Waals surface area (Å²) < 4.78 is 37.4. The number of halogens is 3. The third-order valence-corrected chi connectivity index (χ3v) is 3.99. The Kier molecular flexibility index (Phi) is 6.04. The molecule has 122 valence electrons. The maximum Gasteiger partial charge on any atom is 0.405 e. The Labute approximate surface area is 128 Å². The van der Waals surface area contributed by atoms with Gasteiger partial charge in [0.2, 0.25) is 0 Å². The number of hydrogen-bond donors (Lipinski definition) is 1. The van der Waals surface area contributed by atoms with Gasteiger partial charge in [0, 0.05) is 24.0 Å². The number of aryl methyl sites for hydroxylation is 1. The first-order valence-corrected chi connectivity index (χ1v) is 7.85. The summed E-state index contributed by atoms with van der Waals surface area (Å²) in [5.41, 5.74) is 0.870. The first-order valence-electron chi connectivity index (χ1n) is 7.03. The molecule has 0 saturated heterocycles. The maximum absolute atomic E-state index is 12.5. The van der Waals surface area contributed by atoms with Crippen molar-refractivity contribution in [2.75, 3.05) is 18.5 Å². The van der Waals surface area contributed by atoms with E-state index in [1.165, 1.54) is 23.3 Å². The lowest BCUT2D eigenvalue weighted by atomic mass is 10.1. The maximum atomic E-state index is 12.5. The highest BCUT2D eigenvalue weighted by atomic mass is 32.1. The molecular weight excluding hydrogens is 299 g/mol. The smallest absolute Gasteiger partial charge is 0.342 e. The lowest BCUT2D eigenvalue weighted by Gasteiger charge is -2.20. The first kappa shape index (κ1) is 18.2. The number of nitrogens with one attached hydrogen (secondary N) is 1. The van der Waals surface area contributed by atoms with Gasteiger partial charge >= 0.3 is 6.18 Å². The molecule has 1 aromatic rings. The zero-order chi connectivity index (χ0) is 16.3. The van der Waals surface area contributed by atoms with E-state index in [0.29, 0.717) is 11.7 Å². The molecule has 0 aliphatic rings. The molecule has 0 amide bonds. The molecule has 0 bridgehead atoms. The van der Waals surface area contributed by atoms with Gasteiger partial charge in [-0.25, -0.2) is 4.98 Å². The molecule has 21 heavy (non-hydrogen) atoms. The van der Waals surface area contributed by atoms with Crippen molar-refractivity contribution >= 4 is 16.5 Å². The van der Waals surface area contributed by atoms with E-state index < -0.39 is 12.7 Å². The van der Waals surface area contributed by atoms with E-state index in [4.69, 9.17) is 0 Å². The van der Waals surface area contributed by atoms with Crippen LogP contribution in [0, 0.1) is 0 Å². The third kappa shape index (κ3) is 6.65. The lowest BCUT2D eigenvalue weighted by Crippen LogP contribution is -2.35. The summed E-state index contributed by atoms with van der Waals surface area (Å²) in [6.45, 7) is 7.88. The van der Waals surface area contributed by atoms with E-state index in [1.54, 1.807) is 0 Å². The molecule has 0 saturated carbocycles. The number of aromatic nitrogens is 1. The van der Waals surface area contributed by atoms with Gasteiger partial charge in [-0.3, -0.25) is 0 Å². The van der Waals surface area contributed by atoms with E-state index in [-0.39, 0.29) is 5.54 Å². The monoisotopic (exact) mass is 323 g/mol. The molecule has 0 aliphatic carbocycles. The fourth-order valence-electron chi connectivity index (χ4n) is 1.79. The summed E-state index contributed by atoms with van der Waals surface area (Å²) in [5, 5.41) is 3.80. The van der Waals surface area contributed by atoms with Gasteiger partial charge < -0.3 is 10.2 Å². The zero-order valence-corrected chi connectivity index (χ0v) is 14.1. The van der Waals surface area contributed by atoms with E-state index in [2.05, 4.69) is 31.1 Å². The molecule has 3 nitrogen and oxygen atoms in total. The molecule has 0 fully saturated rings. The molecule has 1 rings (SSSR count). The summed E-state index contributed by atoms with van der Waals surface area (Å²) in [6.07, 6.45) is -2.50. The summed E-state index contributed by atoms with van der Waals surface area (Å²) in [7, 11) is 1.43. The minimum absolute atomic E-state index is 0.0362. The highest BCUT2D eigenvalue weighted by Crippen LogP contribution is 2.29. The van der Waals surface area contributed by atoms with Crippen molar-refractivity contribution in [3.8, 4) is 0 Å². The Balaban J connectivity index is 2.87. The van der Waals surface area contributed by atoms with Crippen molar-refractivity contribution in [3.05, 3.63) is 10.6 Å². The Morgan fingerprint density at radius 2 is 1.86 bits per heavy atom.